The highest BCUT2D eigenvalue weighted by Crippen LogP contribution is 2.18. The monoisotopic (exact) mass is 214 g/mol. The molecule has 3 aliphatic heterocycles. The van der Waals surface area contributed by atoms with Crippen molar-refractivity contribution in [3.8, 4) is 0 Å². The number of hydrogen-bond acceptors (Lipinski definition) is 4. The molecule has 3 saturated heterocycles. The number of piperazine rings is 3. The summed E-state index contributed by atoms with van der Waals surface area (Å²) in [5, 5.41) is 10.1. The molecule has 0 radical (unpaired) electrons. The largest absolute Gasteiger partial charge is 0.389 e. The van der Waals surface area contributed by atoms with Crippen LogP contribution >= 0.6 is 0 Å². The number of fused-ring (bicyclic) bond motifs is 3. The van der Waals surface area contributed by atoms with Crippen LogP contribution in [0.4, 0.5) is 0 Å². The van der Waals surface area contributed by atoms with Crippen LogP contribution in [0.15, 0.2) is 0 Å². The van der Waals surface area contributed by atoms with Gasteiger partial charge in [0.25, 0.3) is 0 Å². The van der Waals surface area contributed by atoms with E-state index in [1.807, 2.05) is 13.8 Å². The zero-order valence-electron chi connectivity index (χ0n) is 9.72. The minimum Gasteiger partial charge on any atom is -0.389 e. The summed E-state index contributed by atoms with van der Waals surface area (Å²) in [6.45, 7) is 10.00. The molecule has 0 aliphatic carbocycles. The lowest BCUT2D eigenvalue weighted by Crippen LogP contribution is -2.64. The van der Waals surface area contributed by atoms with Gasteiger partial charge in [-0.25, -0.2) is 0 Å². The summed E-state index contributed by atoms with van der Waals surface area (Å²) in [7, 11) is 0. The van der Waals surface area contributed by atoms with Gasteiger partial charge in [-0.15, -0.1) is 0 Å². The Morgan fingerprint density at radius 3 is 2.40 bits per heavy atom. The second kappa shape index (κ2) is 4.78. The molecule has 0 saturated carbocycles. The number of aliphatic hydroxyl groups is 1. The standard InChI is InChI=1S/C11H22N2O2/c1-9(2)15-8-11(14)10-7-12-3-5-13(10)6-4-12/h9-11,14H,3-8H2,1-2H3. The Labute approximate surface area is 91.8 Å². The van der Waals surface area contributed by atoms with Crippen LogP contribution in [-0.2, 0) is 4.74 Å². The number of ether oxygens (including phenoxy) is 1. The molecule has 0 aromatic carbocycles. The fourth-order valence-electron chi connectivity index (χ4n) is 2.42. The number of aliphatic hydroxyl groups excluding tert-OH is 1. The van der Waals surface area contributed by atoms with Gasteiger partial charge in [0.2, 0.25) is 0 Å². The van der Waals surface area contributed by atoms with E-state index in [0.29, 0.717) is 6.61 Å². The Bertz CT molecular complexity index is 203. The van der Waals surface area contributed by atoms with Gasteiger partial charge in [-0.2, -0.15) is 0 Å². The Morgan fingerprint density at radius 2 is 1.93 bits per heavy atom. The summed E-state index contributed by atoms with van der Waals surface area (Å²) in [6.07, 6.45) is -0.133. The zero-order chi connectivity index (χ0) is 10.8. The molecule has 2 bridgehead atoms. The van der Waals surface area contributed by atoms with Crippen molar-refractivity contribution in [3.05, 3.63) is 0 Å². The van der Waals surface area contributed by atoms with Crippen molar-refractivity contribution in [1.29, 1.82) is 0 Å². The molecule has 0 aromatic rings. The van der Waals surface area contributed by atoms with Crippen LogP contribution in [0.5, 0.6) is 0 Å². The smallest absolute Gasteiger partial charge is 0.0940 e. The second-order valence-electron chi connectivity index (χ2n) is 4.85. The Morgan fingerprint density at radius 1 is 1.27 bits per heavy atom. The predicted molar refractivity (Wildman–Crippen MR) is 58.9 cm³/mol. The van der Waals surface area contributed by atoms with Crippen LogP contribution in [0.1, 0.15) is 13.8 Å². The third-order valence-corrected chi connectivity index (χ3v) is 3.37. The molecular weight excluding hydrogens is 192 g/mol. The van der Waals surface area contributed by atoms with E-state index in [2.05, 4.69) is 9.80 Å². The molecule has 0 amide bonds. The van der Waals surface area contributed by atoms with Gasteiger partial charge in [0, 0.05) is 32.7 Å². The average Bonchev–Trinajstić information content (AvgIpc) is 2.27. The molecule has 3 heterocycles. The summed E-state index contributed by atoms with van der Waals surface area (Å²) in [5.74, 6) is 0. The Balaban J connectivity index is 1.82. The molecular formula is C11H22N2O2. The molecule has 1 N–H and O–H groups in total. The van der Waals surface area contributed by atoms with Crippen LogP contribution in [0.3, 0.4) is 0 Å². The Kier molecular flexibility index (Phi) is 3.61. The van der Waals surface area contributed by atoms with E-state index in [-0.39, 0.29) is 18.2 Å². The highest BCUT2D eigenvalue weighted by atomic mass is 16.5. The zero-order valence-corrected chi connectivity index (χ0v) is 9.72. The van der Waals surface area contributed by atoms with Crippen LogP contribution in [0.25, 0.3) is 0 Å². The SMILES string of the molecule is CC(C)OCC(O)C1CN2CCN1CC2. The lowest BCUT2D eigenvalue weighted by atomic mass is 10.0. The topological polar surface area (TPSA) is 35.9 Å². The second-order valence-corrected chi connectivity index (χ2v) is 4.85. The van der Waals surface area contributed by atoms with Crippen molar-refractivity contribution < 1.29 is 9.84 Å². The summed E-state index contributed by atoms with van der Waals surface area (Å²) < 4.78 is 5.47. The van der Waals surface area contributed by atoms with E-state index in [1.165, 1.54) is 0 Å². The van der Waals surface area contributed by atoms with Gasteiger partial charge in [-0.1, -0.05) is 0 Å². The molecule has 3 rings (SSSR count). The quantitative estimate of drug-likeness (QED) is 0.701. The molecule has 15 heavy (non-hydrogen) atoms. The lowest BCUT2D eigenvalue weighted by molar-refractivity contribution is -0.0809. The molecule has 3 aliphatic rings. The first-order valence-corrected chi connectivity index (χ1v) is 5.93. The van der Waals surface area contributed by atoms with Crippen molar-refractivity contribution in [2.45, 2.75) is 32.1 Å². The van der Waals surface area contributed by atoms with E-state index in [4.69, 9.17) is 4.74 Å². The third-order valence-electron chi connectivity index (χ3n) is 3.37. The van der Waals surface area contributed by atoms with Crippen LogP contribution in [0.2, 0.25) is 0 Å². The van der Waals surface area contributed by atoms with Crippen molar-refractivity contribution in [3.63, 3.8) is 0 Å². The molecule has 0 spiro atoms. The van der Waals surface area contributed by atoms with Crippen molar-refractivity contribution in [2.24, 2.45) is 0 Å². The normalized spacial score (nSPS) is 37.2. The van der Waals surface area contributed by atoms with Gasteiger partial charge in [0.15, 0.2) is 0 Å². The fourth-order valence-corrected chi connectivity index (χ4v) is 2.42. The maximum absolute atomic E-state index is 10.1. The van der Waals surface area contributed by atoms with E-state index < -0.39 is 0 Å². The van der Waals surface area contributed by atoms with E-state index in [0.717, 1.165) is 32.7 Å². The van der Waals surface area contributed by atoms with Gasteiger partial charge >= 0.3 is 0 Å². The molecule has 4 nitrogen and oxygen atoms in total. The minimum atomic E-state index is -0.338. The van der Waals surface area contributed by atoms with E-state index >= 15 is 0 Å². The molecule has 2 atom stereocenters. The maximum atomic E-state index is 10.1. The number of hydrogen-bond donors (Lipinski definition) is 1. The third kappa shape index (κ3) is 2.69. The van der Waals surface area contributed by atoms with Gasteiger partial charge in [-0.3, -0.25) is 9.80 Å². The maximum Gasteiger partial charge on any atom is 0.0940 e. The molecule has 3 fully saturated rings. The first-order chi connectivity index (χ1) is 7.16. The first-order valence-electron chi connectivity index (χ1n) is 5.93. The van der Waals surface area contributed by atoms with Crippen molar-refractivity contribution >= 4 is 0 Å². The van der Waals surface area contributed by atoms with Gasteiger partial charge in [-0.05, 0) is 13.8 Å². The fraction of sp³-hybridized carbons (Fsp3) is 1.00. The average molecular weight is 214 g/mol. The summed E-state index contributed by atoms with van der Waals surface area (Å²) in [4.78, 5) is 4.83. The van der Waals surface area contributed by atoms with Crippen LogP contribution < -0.4 is 0 Å². The minimum absolute atomic E-state index is 0.204. The highest BCUT2D eigenvalue weighted by Gasteiger charge is 2.35. The first kappa shape index (κ1) is 11.3. The van der Waals surface area contributed by atoms with Gasteiger partial charge < -0.3 is 9.84 Å². The molecule has 2 unspecified atom stereocenters. The predicted octanol–water partition coefficient (Wildman–Crippen LogP) is -0.228. The summed E-state index contributed by atoms with van der Waals surface area (Å²) >= 11 is 0. The van der Waals surface area contributed by atoms with Gasteiger partial charge in [0.05, 0.1) is 24.9 Å². The highest BCUT2D eigenvalue weighted by molar-refractivity contribution is 4.91. The molecule has 88 valence electrons. The van der Waals surface area contributed by atoms with Crippen molar-refractivity contribution in [1.82, 2.24) is 9.80 Å². The van der Waals surface area contributed by atoms with Gasteiger partial charge in [0.1, 0.15) is 0 Å². The Hall–Kier alpha value is -0.160. The molecule has 4 heteroatoms. The van der Waals surface area contributed by atoms with E-state index in [9.17, 15) is 5.11 Å². The van der Waals surface area contributed by atoms with Crippen LogP contribution in [-0.4, -0.2) is 72.5 Å². The lowest BCUT2D eigenvalue weighted by Gasteiger charge is -2.49. The number of nitrogens with zero attached hydrogens (tertiary/aromatic N) is 2. The van der Waals surface area contributed by atoms with Crippen molar-refractivity contribution in [2.75, 3.05) is 39.3 Å². The summed E-state index contributed by atoms with van der Waals surface area (Å²) in [6, 6.07) is 0.284. The molecule has 0 aromatic heterocycles. The summed E-state index contributed by atoms with van der Waals surface area (Å²) in [5.41, 5.74) is 0. The van der Waals surface area contributed by atoms with Crippen LogP contribution in [0, 0.1) is 0 Å². The number of rotatable bonds is 4. The van der Waals surface area contributed by atoms with E-state index in [1.54, 1.807) is 0 Å².